The van der Waals surface area contributed by atoms with Gasteiger partial charge in [0.05, 0.1) is 17.5 Å². The molecule has 0 aliphatic rings. The molecule has 0 spiro atoms. The Morgan fingerprint density at radius 3 is 2.63 bits per heavy atom. The van der Waals surface area contributed by atoms with Crippen LogP contribution in [0.15, 0.2) is 12.1 Å². The van der Waals surface area contributed by atoms with Crippen LogP contribution in [0.1, 0.15) is 33.6 Å². The molecule has 4 N–H and O–H groups in total. The Balaban J connectivity index is 2.82. The average molecular weight is 270 g/mol. The van der Waals surface area contributed by atoms with E-state index in [1.165, 1.54) is 6.07 Å². The molecule has 0 bridgehead atoms. The van der Waals surface area contributed by atoms with Gasteiger partial charge in [-0.3, -0.25) is 0 Å². The van der Waals surface area contributed by atoms with Crippen LogP contribution in [0.4, 0.5) is 15.8 Å². The number of hydrogen-bond acceptors (Lipinski definition) is 4. The van der Waals surface area contributed by atoms with Gasteiger partial charge in [0, 0.05) is 24.8 Å². The highest BCUT2D eigenvalue weighted by Gasteiger charge is 2.12. The van der Waals surface area contributed by atoms with E-state index in [0.717, 1.165) is 6.42 Å². The van der Waals surface area contributed by atoms with Crippen molar-refractivity contribution in [3.63, 3.8) is 0 Å². The third kappa shape index (κ3) is 4.95. The smallest absolute Gasteiger partial charge is 0.167 e. The van der Waals surface area contributed by atoms with E-state index in [0.29, 0.717) is 17.8 Å². The van der Waals surface area contributed by atoms with Crippen molar-refractivity contribution in [2.75, 3.05) is 17.7 Å². The first-order chi connectivity index (χ1) is 8.93. The Hall–Kier alpha value is -1.49. The molecular weight excluding hydrogens is 247 g/mol. The highest BCUT2D eigenvalue weighted by Crippen LogP contribution is 2.29. The first-order valence-electron chi connectivity index (χ1n) is 6.57. The lowest BCUT2D eigenvalue weighted by Crippen LogP contribution is -2.17. The number of nitrogens with two attached hydrogens (primary N) is 1. The van der Waals surface area contributed by atoms with Crippen molar-refractivity contribution in [1.29, 1.82) is 0 Å². The number of rotatable bonds is 7. The molecule has 1 aromatic rings. The normalized spacial score (nSPS) is 12.5. The van der Waals surface area contributed by atoms with E-state index in [9.17, 15) is 4.39 Å². The number of nitrogens with one attached hydrogen (secondary N) is 1. The highest BCUT2D eigenvalue weighted by atomic mass is 19.1. The average Bonchev–Trinajstić information content (AvgIpc) is 2.32. The molecule has 0 fully saturated rings. The van der Waals surface area contributed by atoms with E-state index in [1.54, 1.807) is 6.07 Å². The molecule has 1 aromatic carbocycles. The fourth-order valence-electron chi connectivity index (χ4n) is 1.77. The van der Waals surface area contributed by atoms with Gasteiger partial charge in [0.2, 0.25) is 0 Å². The Kier molecular flexibility index (Phi) is 5.89. The van der Waals surface area contributed by atoms with E-state index >= 15 is 0 Å². The summed E-state index contributed by atoms with van der Waals surface area (Å²) < 4.78 is 19.1. The first kappa shape index (κ1) is 15.6. The topological polar surface area (TPSA) is 67.5 Å². The van der Waals surface area contributed by atoms with Gasteiger partial charge in [0.15, 0.2) is 11.6 Å². The Morgan fingerprint density at radius 1 is 1.37 bits per heavy atom. The lowest BCUT2D eigenvalue weighted by Gasteiger charge is -2.18. The third-order valence-electron chi connectivity index (χ3n) is 2.66. The molecule has 108 valence electrons. The molecule has 0 amide bonds. The van der Waals surface area contributed by atoms with E-state index in [4.69, 9.17) is 15.6 Å². The molecule has 0 heterocycles. The summed E-state index contributed by atoms with van der Waals surface area (Å²) >= 11 is 0. The quantitative estimate of drug-likeness (QED) is 0.666. The highest BCUT2D eigenvalue weighted by molar-refractivity contribution is 5.68. The summed E-state index contributed by atoms with van der Waals surface area (Å²) in [7, 11) is 0. The predicted molar refractivity (Wildman–Crippen MR) is 76.0 cm³/mol. The largest absolute Gasteiger partial charge is 0.488 e. The fraction of sp³-hybridized carbons (Fsp3) is 0.571. The van der Waals surface area contributed by atoms with Crippen LogP contribution in [-0.2, 0) is 0 Å². The van der Waals surface area contributed by atoms with Gasteiger partial charge in [-0.2, -0.15) is 0 Å². The van der Waals surface area contributed by atoms with Crippen LogP contribution < -0.4 is 15.8 Å². The zero-order valence-electron chi connectivity index (χ0n) is 11.7. The lowest BCUT2D eigenvalue weighted by molar-refractivity contribution is 0.231. The Labute approximate surface area is 113 Å². The van der Waals surface area contributed by atoms with Crippen molar-refractivity contribution in [2.24, 2.45) is 0 Å². The standard InChI is InChI=1S/C14H23FN2O2/c1-9(2)19-14-8-13(12(16)7-11(14)15)17-10(3)5-4-6-18/h7-10,17-18H,4-6,16H2,1-3H3. The number of ether oxygens (including phenoxy) is 1. The van der Waals surface area contributed by atoms with Gasteiger partial charge in [-0.15, -0.1) is 0 Å². The van der Waals surface area contributed by atoms with Crippen molar-refractivity contribution in [3.05, 3.63) is 17.9 Å². The first-order valence-corrected chi connectivity index (χ1v) is 6.57. The molecule has 0 aromatic heterocycles. The molecular formula is C14H23FN2O2. The van der Waals surface area contributed by atoms with Crippen LogP contribution in [0.3, 0.4) is 0 Å². The number of nitrogen functional groups attached to an aromatic ring is 1. The molecule has 19 heavy (non-hydrogen) atoms. The molecule has 0 saturated heterocycles. The summed E-state index contributed by atoms with van der Waals surface area (Å²) in [6, 6.07) is 2.99. The van der Waals surface area contributed by atoms with E-state index < -0.39 is 5.82 Å². The molecule has 1 unspecified atom stereocenters. The molecule has 5 heteroatoms. The fourth-order valence-corrected chi connectivity index (χ4v) is 1.77. The van der Waals surface area contributed by atoms with Crippen LogP contribution in [0.2, 0.25) is 0 Å². The Morgan fingerprint density at radius 2 is 2.05 bits per heavy atom. The second-order valence-electron chi connectivity index (χ2n) is 4.95. The summed E-state index contributed by atoms with van der Waals surface area (Å²) in [5, 5.41) is 12.0. The minimum absolute atomic E-state index is 0.0993. The summed E-state index contributed by atoms with van der Waals surface area (Å²) in [5.41, 5.74) is 6.80. The number of hydrogen-bond donors (Lipinski definition) is 3. The number of aliphatic hydroxyl groups is 1. The minimum atomic E-state index is -0.459. The summed E-state index contributed by atoms with van der Waals surface area (Å²) in [5.74, 6) is -0.263. The number of aliphatic hydroxyl groups excluding tert-OH is 1. The molecule has 1 atom stereocenters. The van der Waals surface area contributed by atoms with Crippen LogP contribution in [0, 0.1) is 5.82 Å². The van der Waals surface area contributed by atoms with Crippen molar-refractivity contribution in [3.8, 4) is 5.75 Å². The van der Waals surface area contributed by atoms with Gasteiger partial charge in [0.25, 0.3) is 0 Å². The Bertz CT molecular complexity index is 411. The van der Waals surface area contributed by atoms with Gasteiger partial charge in [0.1, 0.15) is 0 Å². The molecule has 0 saturated carbocycles. The molecule has 4 nitrogen and oxygen atoms in total. The van der Waals surface area contributed by atoms with Crippen molar-refractivity contribution in [2.45, 2.75) is 45.8 Å². The molecule has 0 aliphatic carbocycles. The SMILES string of the molecule is CC(CCCO)Nc1cc(OC(C)C)c(F)cc1N. The second-order valence-corrected chi connectivity index (χ2v) is 4.95. The number of benzene rings is 1. The monoisotopic (exact) mass is 270 g/mol. The van der Waals surface area contributed by atoms with Crippen LogP contribution in [0.25, 0.3) is 0 Å². The summed E-state index contributed by atoms with van der Waals surface area (Å²) in [4.78, 5) is 0. The van der Waals surface area contributed by atoms with Gasteiger partial charge >= 0.3 is 0 Å². The predicted octanol–water partition coefficient (Wildman–Crippen LogP) is 2.77. The second kappa shape index (κ2) is 7.19. The van der Waals surface area contributed by atoms with Crippen molar-refractivity contribution < 1.29 is 14.2 Å². The molecule has 1 rings (SSSR count). The van der Waals surface area contributed by atoms with E-state index in [2.05, 4.69) is 5.32 Å². The van der Waals surface area contributed by atoms with Gasteiger partial charge in [-0.1, -0.05) is 0 Å². The van der Waals surface area contributed by atoms with Gasteiger partial charge in [-0.25, -0.2) is 4.39 Å². The van der Waals surface area contributed by atoms with Crippen LogP contribution >= 0.6 is 0 Å². The van der Waals surface area contributed by atoms with E-state index in [1.807, 2.05) is 20.8 Å². The molecule has 0 aliphatic heterocycles. The van der Waals surface area contributed by atoms with E-state index in [-0.39, 0.29) is 24.5 Å². The summed E-state index contributed by atoms with van der Waals surface area (Å²) in [6.45, 7) is 5.83. The van der Waals surface area contributed by atoms with Crippen molar-refractivity contribution >= 4 is 11.4 Å². The maximum Gasteiger partial charge on any atom is 0.167 e. The van der Waals surface area contributed by atoms with Crippen LogP contribution in [0.5, 0.6) is 5.75 Å². The van der Waals surface area contributed by atoms with Gasteiger partial charge < -0.3 is 20.9 Å². The third-order valence-corrected chi connectivity index (χ3v) is 2.66. The molecule has 0 radical (unpaired) electrons. The van der Waals surface area contributed by atoms with Crippen molar-refractivity contribution in [1.82, 2.24) is 0 Å². The van der Waals surface area contributed by atoms with Crippen LogP contribution in [-0.4, -0.2) is 23.9 Å². The summed E-state index contributed by atoms with van der Waals surface area (Å²) in [6.07, 6.45) is 1.43. The number of halogens is 1. The lowest BCUT2D eigenvalue weighted by atomic mass is 10.1. The maximum absolute atomic E-state index is 13.7. The zero-order valence-corrected chi connectivity index (χ0v) is 11.7. The minimum Gasteiger partial charge on any atom is -0.488 e. The zero-order chi connectivity index (χ0) is 14.4. The number of anilines is 2. The maximum atomic E-state index is 13.7. The van der Waals surface area contributed by atoms with Gasteiger partial charge in [-0.05, 0) is 33.6 Å².